The highest BCUT2D eigenvalue weighted by Crippen LogP contribution is 2.27. The van der Waals surface area contributed by atoms with Gasteiger partial charge in [-0.3, -0.25) is 0 Å². The van der Waals surface area contributed by atoms with E-state index in [2.05, 4.69) is 0 Å². The maximum atomic E-state index is 6.11. The lowest BCUT2D eigenvalue weighted by atomic mass is 10.2. The second-order valence-electron chi connectivity index (χ2n) is 4.70. The van der Waals surface area contributed by atoms with Crippen molar-refractivity contribution >= 4 is 11.6 Å². The van der Waals surface area contributed by atoms with E-state index in [-0.39, 0.29) is 0 Å². The van der Waals surface area contributed by atoms with Crippen LogP contribution >= 0.6 is 11.6 Å². The summed E-state index contributed by atoms with van der Waals surface area (Å²) in [6.07, 6.45) is 1.06. The first-order valence-corrected chi connectivity index (χ1v) is 6.94. The average molecular weight is 271 g/mol. The minimum atomic E-state index is 0.703. The molecule has 0 aliphatic carbocycles. The molecule has 18 heavy (non-hydrogen) atoms. The van der Waals surface area contributed by atoms with Crippen LogP contribution in [0.3, 0.4) is 0 Å². The zero-order chi connectivity index (χ0) is 12.8. The van der Waals surface area contributed by atoms with Crippen molar-refractivity contribution in [2.24, 2.45) is 0 Å². The number of aryl methyl sites for hydroxylation is 1. The van der Waals surface area contributed by atoms with Crippen molar-refractivity contribution in [1.82, 2.24) is 0 Å². The summed E-state index contributed by atoms with van der Waals surface area (Å²) in [7, 11) is 0. The smallest absolute Gasteiger partial charge is 0.140 e. The fraction of sp³-hybridized carbons (Fsp3) is 0.571. The third-order valence-electron chi connectivity index (χ3n) is 3.28. The van der Waals surface area contributed by atoms with Gasteiger partial charge in [-0.05, 0) is 18.6 Å². The molecule has 0 saturated carbocycles. The maximum absolute atomic E-state index is 6.11. The largest absolute Gasteiger partial charge is 0.492 e. The van der Waals surface area contributed by atoms with E-state index in [1.54, 1.807) is 4.90 Å². The lowest BCUT2D eigenvalue weighted by molar-refractivity contribution is -0.908. The van der Waals surface area contributed by atoms with Gasteiger partial charge in [-0.15, -0.1) is 0 Å². The molecule has 1 aromatic rings. The summed E-state index contributed by atoms with van der Waals surface area (Å²) >= 11 is 6.11. The molecule has 1 fully saturated rings. The van der Waals surface area contributed by atoms with E-state index in [0.717, 1.165) is 57.2 Å². The van der Waals surface area contributed by atoms with Crippen LogP contribution in [0.25, 0.3) is 0 Å². The van der Waals surface area contributed by atoms with E-state index >= 15 is 0 Å². The predicted molar refractivity (Wildman–Crippen MR) is 72.7 cm³/mol. The van der Waals surface area contributed by atoms with Crippen LogP contribution in [-0.4, -0.2) is 39.5 Å². The number of nitrogens with one attached hydrogen (secondary N) is 1. The second-order valence-corrected chi connectivity index (χ2v) is 5.11. The van der Waals surface area contributed by atoms with Gasteiger partial charge in [0, 0.05) is 6.42 Å². The molecule has 1 saturated heterocycles. The van der Waals surface area contributed by atoms with Gasteiger partial charge in [-0.1, -0.05) is 23.7 Å². The summed E-state index contributed by atoms with van der Waals surface area (Å²) < 4.78 is 11.1. The van der Waals surface area contributed by atoms with E-state index in [9.17, 15) is 0 Å². The number of morpholine rings is 1. The van der Waals surface area contributed by atoms with Gasteiger partial charge in [0.2, 0.25) is 0 Å². The summed E-state index contributed by atoms with van der Waals surface area (Å²) in [6.45, 7) is 7.91. The zero-order valence-corrected chi connectivity index (χ0v) is 11.6. The lowest BCUT2D eigenvalue weighted by Gasteiger charge is -2.23. The van der Waals surface area contributed by atoms with Crippen molar-refractivity contribution in [2.75, 3.05) is 39.5 Å². The summed E-state index contributed by atoms with van der Waals surface area (Å²) in [5.74, 6) is 0.830. The molecule has 1 N–H and O–H groups in total. The number of rotatable bonds is 5. The van der Waals surface area contributed by atoms with Gasteiger partial charge in [0.25, 0.3) is 0 Å². The van der Waals surface area contributed by atoms with Crippen LogP contribution < -0.4 is 9.64 Å². The number of hydrogen-bond donors (Lipinski definition) is 1. The van der Waals surface area contributed by atoms with E-state index < -0.39 is 0 Å². The molecule has 0 radical (unpaired) electrons. The molecular weight excluding hydrogens is 250 g/mol. The Morgan fingerprint density at radius 2 is 2.11 bits per heavy atom. The van der Waals surface area contributed by atoms with Gasteiger partial charge >= 0.3 is 0 Å². The third kappa shape index (κ3) is 3.87. The molecule has 4 heteroatoms. The Bertz CT molecular complexity index is 358. The predicted octanol–water partition coefficient (Wildman–Crippen LogP) is 1.33. The van der Waals surface area contributed by atoms with Crippen LogP contribution in [0.15, 0.2) is 18.2 Å². The van der Waals surface area contributed by atoms with Crippen LogP contribution in [0.4, 0.5) is 0 Å². The Morgan fingerprint density at radius 1 is 1.33 bits per heavy atom. The fourth-order valence-corrected chi connectivity index (χ4v) is 2.48. The van der Waals surface area contributed by atoms with Gasteiger partial charge in [-0.2, -0.15) is 0 Å². The Balaban J connectivity index is 1.71. The molecular formula is C14H21ClNO2+. The molecule has 2 rings (SSSR count). The van der Waals surface area contributed by atoms with Crippen molar-refractivity contribution in [3.8, 4) is 5.75 Å². The van der Waals surface area contributed by atoms with Crippen LogP contribution in [0.1, 0.15) is 12.0 Å². The normalized spacial score (nSPS) is 16.8. The van der Waals surface area contributed by atoms with E-state index in [1.165, 1.54) is 0 Å². The molecule has 0 spiro atoms. The second kappa shape index (κ2) is 6.98. The first-order chi connectivity index (χ1) is 8.77. The third-order valence-corrected chi connectivity index (χ3v) is 3.58. The lowest BCUT2D eigenvalue weighted by Crippen LogP contribution is -3.14. The van der Waals surface area contributed by atoms with E-state index in [4.69, 9.17) is 21.1 Å². The number of halogens is 1. The van der Waals surface area contributed by atoms with Gasteiger partial charge < -0.3 is 14.4 Å². The van der Waals surface area contributed by atoms with Crippen LogP contribution in [0.5, 0.6) is 5.75 Å². The molecule has 1 aliphatic heterocycles. The highest BCUT2D eigenvalue weighted by Gasteiger charge is 2.13. The van der Waals surface area contributed by atoms with Gasteiger partial charge in [0.05, 0.1) is 31.4 Å². The van der Waals surface area contributed by atoms with Crippen molar-refractivity contribution in [3.05, 3.63) is 28.8 Å². The fourth-order valence-electron chi connectivity index (χ4n) is 2.21. The minimum Gasteiger partial charge on any atom is -0.492 e. The average Bonchev–Trinajstić information content (AvgIpc) is 2.38. The minimum absolute atomic E-state index is 0.703. The standard InChI is InChI=1S/C14H20ClNO2/c1-12-4-2-5-13(15)14(12)18-9-3-6-16-7-10-17-11-8-16/h2,4-5H,3,6-11H2,1H3/p+1. The number of hydrogen-bond acceptors (Lipinski definition) is 2. The molecule has 1 heterocycles. The number of ether oxygens (including phenoxy) is 2. The number of benzene rings is 1. The maximum Gasteiger partial charge on any atom is 0.140 e. The van der Waals surface area contributed by atoms with Gasteiger partial charge in [0.15, 0.2) is 0 Å². The first kappa shape index (κ1) is 13.7. The number of para-hydroxylation sites is 1. The molecule has 100 valence electrons. The topological polar surface area (TPSA) is 22.9 Å². The molecule has 0 bridgehead atoms. The van der Waals surface area contributed by atoms with Crippen molar-refractivity contribution in [2.45, 2.75) is 13.3 Å². The summed E-state index contributed by atoms with van der Waals surface area (Å²) in [4.78, 5) is 1.61. The monoisotopic (exact) mass is 270 g/mol. The Kier molecular flexibility index (Phi) is 5.29. The molecule has 0 unspecified atom stereocenters. The SMILES string of the molecule is Cc1cccc(Cl)c1OCCC[NH+]1CCOCC1. The van der Waals surface area contributed by atoms with Crippen LogP contribution in [0, 0.1) is 6.92 Å². The molecule has 1 aliphatic rings. The zero-order valence-electron chi connectivity index (χ0n) is 10.9. The van der Waals surface area contributed by atoms with Crippen molar-refractivity contribution < 1.29 is 14.4 Å². The Morgan fingerprint density at radius 3 is 2.83 bits per heavy atom. The summed E-state index contributed by atoms with van der Waals surface area (Å²) in [5, 5.41) is 0.703. The van der Waals surface area contributed by atoms with Gasteiger partial charge in [-0.25, -0.2) is 0 Å². The first-order valence-electron chi connectivity index (χ1n) is 6.56. The summed E-state index contributed by atoms with van der Waals surface area (Å²) in [6, 6.07) is 5.84. The molecule has 1 aromatic carbocycles. The molecule has 3 nitrogen and oxygen atoms in total. The van der Waals surface area contributed by atoms with Crippen LogP contribution in [0.2, 0.25) is 5.02 Å². The van der Waals surface area contributed by atoms with Crippen LogP contribution in [-0.2, 0) is 4.74 Å². The van der Waals surface area contributed by atoms with Crippen molar-refractivity contribution in [3.63, 3.8) is 0 Å². The Labute approximate surface area is 114 Å². The highest BCUT2D eigenvalue weighted by atomic mass is 35.5. The molecule has 0 aromatic heterocycles. The molecule has 0 amide bonds. The van der Waals surface area contributed by atoms with E-state index in [0.29, 0.717) is 5.02 Å². The summed E-state index contributed by atoms with van der Waals surface area (Å²) in [5.41, 5.74) is 1.10. The quantitative estimate of drug-likeness (QED) is 0.816. The van der Waals surface area contributed by atoms with Gasteiger partial charge in [0.1, 0.15) is 18.8 Å². The highest BCUT2D eigenvalue weighted by molar-refractivity contribution is 6.32. The van der Waals surface area contributed by atoms with Crippen molar-refractivity contribution in [1.29, 1.82) is 0 Å². The van der Waals surface area contributed by atoms with E-state index in [1.807, 2.05) is 25.1 Å². The Hall–Kier alpha value is -0.770. The number of quaternary nitrogens is 1. The molecule has 0 atom stereocenters.